The Bertz CT molecular complexity index is 2260. The van der Waals surface area contributed by atoms with Gasteiger partial charge in [-0.15, -0.1) is 0 Å². The van der Waals surface area contributed by atoms with Crippen LogP contribution in [0.1, 0.15) is 65.6 Å². The minimum atomic E-state index is -4.77. The number of hydrogen-bond acceptors (Lipinski definition) is 6. The standard InChI is InChI=1S/C39H38F5N5O4/c1-20-15-22-18-31(37(51)23-16-28(40)34(29(41)17-23)47-32(50)8-5-13-45-24-9-11-25(52-4)12-10-24)49-14-6-7-26(36(22)49)33-27(39(42,43)44)19-30-35(38(33)53-20)46-21(2)48(30)3/h5-8,14,16-20,24-25,45H,9-13,15H2,1-4H3,(H,47,50)/b8-5+/t20?,24-,25-. The minimum absolute atomic E-state index is 0.0162. The monoisotopic (exact) mass is 735 g/mol. The van der Waals surface area contributed by atoms with E-state index < -0.39 is 46.9 Å². The number of methoxy groups -OCH3 is 1. The number of aryl methyl sites for hydroxylation is 2. The topological polar surface area (TPSA) is 98.9 Å². The van der Waals surface area contributed by atoms with Gasteiger partial charge in [0.1, 0.15) is 34.8 Å². The molecule has 14 heteroatoms. The molecule has 3 aromatic heterocycles. The van der Waals surface area contributed by atoms with Gasteiger partial charge in [-0.3, -0.25) is 9.59 Å². The van der Waals surface area contributed by atoms with Crippen molar-refractivity contribution in [3.05, 3.63) is 94.6 Å². The van der Waals surface area contributed by atoms with E-state index in [-0.39, 0.29) is 57.7 Å². The Balaban J connectivity index is 1.19. The van der Waals surface area contributed by atoms with Crippen molar-refractivity contribution in [2.75, 3.05) is 19.0 Å². The Morgan fingerprint density at radius 3 is 2.49 bits per heavy atom. The molecule has 0 saturated heterocycles. The molecule has 2 aliphatic rings. The minimum Gasteiger partial charge on any atom is -0.487 e. The number of ketones is 1. The largest absolute Gasteiger partial charge is 0.487 e. The number of aromatic nitrogens is 3. The van der Waals surface area contributed by atoms with Crippen LogP contribution in [0.3, 0.4) is 0 Å². The highest BCUT2D eigenvalue weighted by molar-refractivity contribution is 6.10. The Kier molecular flexibility index (Phi) is 9.62. The number of nitrogens with one attached hydrogen (secondary N) is 2. The molecule has 1 unspecified atom stereocenters. The van der Waals surface area contributed by atoms with Gasteiger partial charge in [-0.1, -0.05) is 12.1 Å². The van der Waals surface area contributed by atoms with Crippen molar-refractivity contribution >= 4 is 33.9 Å². The third kappa shape index (κ3) is 6.81. The molecular weight excluding hydrogens is 697 g/mol. The van der Waals surface area contributed by atoms with Crippen molar-refractivity contribution in [2.24, 2.45) is 7.05 Å². The fourth-order valence-corrected chi connectivity index (χ4v) is 7.48. The highest BCUT2D eigenvalue weighted by Crippen LogP contribution is 2.49. The van der Waals surface area contributed by atoms with Gasteiger partial charge in [0, 0.05) is 62.1 Å². The Morgan fingerprint density at radius 1 is 1.09 bits per heavy atom. The zero-order chi connectivity index (χ0) is 37.8. The number of imidazole rings is 1. The van der Waals surface area contributed by atoms with E-state index in [1.165, 1.54) is 34.9 Å². The van der Waals surface area contributed by atoms with Crippen molar-refractivity contribution in [1.29, 1.82) is 0 Å². The van der Waals surface area contributed by atoms with Crippen molar-refractivity contribution in [3.8, 4) is 16.9 Å². The summed E-state index contributed by atoms with van der Waals surface area (Å²) in [6.07, 6.45) is 3.09. The highest BCUT2D eigenvalue weighted by atomic mass is 19.4. The van der Waals surface area contributed by atoms with Gasteiger partial charge in [-0.05, 0) is 75.4 Å². The number of carbonyl (C=O) groups excluding carboxylic acids is 2. The number of ether oxygens (including phenoxy) is 2. The average molecular weight is 736 g/mol. The Morgan fingerprint density at radius 2 is 1.81 bits per heavy atom. The smallest absolute Gasteiger partial charge is 0.417 e. The van der Waals surface area contributed by atoms with Crippen LogP contribution in [-0.4, -0.2) is 57.5 Å². The van der Waals surface area contributed by atoms with Crippen molar-refractivity contribution in [3.63, 3.8) is 0 Å². The molecule has 278 valence electrons. The van der Waals surface area contributed by atoms with Crippen LogP contribution < -0.4 is 15.4 Å². The summed E-state index contributed by atoms with van der Waals surface area (Å²) in [4.78, 5) is 31.0. The molecule has 53 heavy (non-hydrogen) atoms. The van der Waals surface area contributed by atoms with Gasteiger partial charge in [-0.25, -0.2) is 13.8 Å². The summed E-state index contributed by atoms with van der Waals surface area (Å²) in [6, 6.07) is 7.52. The van der Waals surface area contributed by atoms with Gasteiger partial charge in [0.15, 0.2) is 5.75 Å². The lowest BCUT2D eigenvalue weighted by atomic mass is 9.93. The molecular formula is C39H38F5N5O4. The first-order chi connectivity index (χ1) is 25.2. The van der Waals surface area contributed by atoms with E-state index in [0.29, 0.717) is 23.4 Å². The van der Waals surface area contributed by atoms with Crippen LogP contribution in [0.4, 0.5) is 27.6 Å². The molecule has 1 aliphatic heterocycles. The van der Waals surface area contributed by atoms with Crippen LogP contribution in [0, 0.1) is 18.6 Å². The number of nitrogens with zero attached hydrogens (tertiary/aromatic N) is 3. The van der Waals surface area contributed by atoms with Gasteiger partial charge < -0.3 is 29.1 Å². The fraction of sp³-hybridized carbons (Fsp3) is 0.359. The van der Waals surface area contributed by atoms with Crippen LogP contribution in [0.15, 0.2) is 54.7 Å². The second-order valence-electron chi connectivity index (χ2n) is 13.7. The predicted octanol–water partition coefficient (Wildman–Crippen LogP) is 7.69. The van der Waals surface area contributed by atoms with Crippen molar-refractivity contribution in [2.45, 2.75) is 70.4 Å². The molecule has 0 bridgehead atoms. The molecule has 7 rings (SSSR count). The first-order valence-corrected chi connectivity index (χ1v) is 17.4. The molecule has 0 radical (unpaired) electrons. The summed E-state index contributed by atoms with van der Waals surface area (Å²) < 4.78 is 89.7. The number of anilines is 1. The van der Waals surface area contributed by atoms with E-state index in [1.54, 1.807) is 38.6 Å². The van der Waals surface area contributed by atoms with Crippen LogP contribution in [0.5, 0.6) is 5.75 Å². The van der Waals surface area contributed by atoms with Crippen LogP contribution in [0.25, 0.3) is 27.7 Å². The van der Waals surface area contributed by atoms with Gasteiger partial charge >= 0.3 is 6.18 Å². The number of benzene rings is 2. The van der Waals surface area contributed by atoms with Gasteiger partial charge in [0.2, 0.25) is 11.7 Å². The first kappa shape index (κ1) is 36.3. The molecule has 5 aromatic rings. The quantitative estimate of drug-likeness (QED) is 0.0964. The van der Waals surface area contributed by atoms with Gasteiger partial charge in [0.05, 0.1) is 28.4 Å². The maximum atomic E-state index is 15.3. The van der Waals surface area contributed by atoms with Crippen molar-refractivity contribution in [1.82, 2.24) is 19.3 Å². The summed E-state index contributed by atoms with van der Waals surface area (Å²) in [7, 11) is 3.33. The van der Waals surface area contributed by atoms with Gasteiger partial charge in [-0.2, -0.15) is 13.2 Å². The van der Waals surface area contributed by atoms with Gasteiger partial charge in [0.25, 0.3) is 0 Å². The van der Waals surface area contributed by atoms with Crippen LogP contribution in [-0.2, 0) is 29.2 Å². The molecule has 1 amide bonds. The zero-order valence-electron chi connectivity index (χ0n) is 29.5. The molecule has 1 aliphatic carbocycles. The SMILES string of the molecule is CO[C@H]1CC[C@H](NC/C=C/C(=O)Nc2c(F)cc(C(=O)c3cc4c5c(cccn35)-c3c(C(F)(F)F)cc5c(nc(C)n5C)c3OC(C)C4)cc2F)CC1. The molecule has 2 aromatic carbocycles. The van der Waals surface area contributed by atoms with Crippen LogP contribution in [0.2, 0.25) is 0 Å². The van der Waals surface area contributed by atoms with E-state index in [2.05, 4.69) is 15.6 Å². The number of carbonyl (C=O) groups is 2. The van der Waals surface area contributed by atoms with Crippen LogP contribution >= 0.6 is 0 Å². The molecule has 1 atom stereocenters. The molecule has 1 fully saturated rings. The molecule has 1 saturated carbocycles. The third-order valence-electron chi connectivity index (χ3n) is 10.2. The van der Waals surface area contributed by atoms with E-state index >= 15 is 8.78 Å². The second-order valence-corrected chi connectivity index (χ2v) is 13.7. The Hall–Kier alpha value is -5.08. The predicted molar refractivity (Wildman–Crippen MR) is 189 cm³/mol. The number of pyridine rings is 1. The second kappa shape index (κ2) is 14.0. The lowest BCUT2D eigenvalue weighted by Gasteiger charge is -2.27. The molecule has 4 heterocycles. The number of fused-ring (bicyclic) bond motifs is 4. The van der Waals surface area contributed by atoms with E-state index in [0.717, 1.165) is 43.9 Å². The normalized spacial score (nSPS) is 18.9. The summed E-state index contributed by atoms with van der Waals surface area (Å²) in [5.41, 5.74) is -0.674. The summed E-state index contributed by atoms with van der Waals surface area (Å²) in [5.74, 6) is -3.37. The third-order valence-corrected chi connectivity index (χ3v) is 10.2. The summed E-state index contributed by atoms with van der Waals surface area (Å²) in [5, 5.41) is 5.54. The molecule has 9 nitrogen and oxygen atoms in total. The first-order valence-electron chi connectivity index (χ1n) is 17.4. The summed E-state index contributed by atoms with van der Waals surface area (Å²) >= 11 is 0. The average Bonchev–Trinajstić information content (AvgIpc) is 3.62. The number of amides is 1. The maximum absolute atomic E-state index is 15.3. The number of rotatable bonds is 8. The van der Waals surface area contributed by atoms with E-state index in [1.807, 2.05) is 0 Å². The van der Waals surface area contributed by atoms with E-state index in [4.69, 9.17) is 9.47 Å². The highest BCUT2D eigenvalue weighted by Gasteiger charge is 2.39. The number of halogens is 5. The molecule has 0 spiro atoms. The van der Waals surface area contributed by atoms with E-state index in [9.17, 15) is 22.8 Å². The molecule has 2 N–H and O–H groups in total. The zero-order valence-corrected chi connectivity index (χ0v) is 29.5. The van der Waals surface area contributed by atoms with Crippen molar-refractivity contribution < 1.29 is 41.0 Å². The Labute approximate surface area is 301 Å². The number of hydrogen-bond donors (Lipinski definition) is 2. The maximum Gasteiger partial charge on any atom is 0.417 e. The number of alkyl halides is 3. The lowest BCUT2D eigenvalue weighted by molar-refractivity contribution is -0.137. The fourth-order valence-electron chi connectivity index (χ4n) is 7.48. The lowest BCUT2D eigenvalue weighted by Crippen LogP contribution is -2.35. The summed E-state index contributed by atoms with van der Waals surface area (Å²) in [6.45, 7) is 3.79.